The fraction of sp³-hybridized carbons (Fsp3) is 0.500. The zero-order valence-corrected chi connectivity index (χ0v) is 11.9. The van der Waals surface area contributed by atoms with Crippen LogP contribution in [0.15, 0.2) is 18.3 Å². The lowest BCUT2D eigenvalue weighted by Crippen LogP contribution is -2.36. The van der Waals surface area contributed by atoms with Gasteiger partial charge in [0.05, 0.1) is 12.2 Å². The molecule has 0 aliphatic carbocycles. The molecule has 1 aliphatic rings. The smallest absolute Gasteiger partial charge is 0.326 e. The lowest BCUT2D eigenvalue weighted by atomic mass is 10.2. The van der Waals surface area contributed by atoms with Crippen molar-refractivity contribution in [2.45, 2.75) is 18.9 Å². The van der Waals surface area contributed by atoms with Crippen molar-refractivity contribution in [3.8, 4) is 0 Å². The maximum absolute atomic E-state index is 11.8. The number of carboxylic acids is 1. The van der Waals surface area contributed by atoms with E-state index >= 15 is 0 Å². The van der Waals surface area contributed by atoms with Crippen LogP contribution in [-0.2, 0) is 9.53 Å². The minimum atomic E-state index is -0.837. The maximum atomic E-state index is 11.8. The van der Waals surface area contributed by atoms with Crippen molar-refractivity contribution in [2.75, 3.05) is 31.7 Å². The first kappa shape index (κ1) is 15.2. The number of nitrogens with one attached hydrogen (secondary N) is 1. The summed E-state index contributed by atoms with van der Waals surface area (Å²) in [5.41, 5.74) is 0.445. The molecule has 21 heavy (non-hydrogen) atoms. The zero-order valence-electron chi connectivity index (χ0n) is 11.9. The fourth-order valence-corrected chi connectivity index (χ4v) is 2.36. The molecule has 1 aliphatic heterocycles. The number of aliphatic carboxylic acids is 1. The number of carboxylic acid groups (broad SMARTS) is 1. The highest BCUT2D eigenvalue weighted by Crippen LogP contribution is 2.23. The summed E-state index contributed by atoms with van der Waals surface area (Å²) in [5, 5.41) is 11.9. The number of nitrogens with zero attached hydrogens (tertiary/aromatic N) is 2. The Bertz CT molecular complexity index is 503. The van der Waals surface area contributed by atoms with Crippen LogP contribution in [-0.4, -0.2) is 54.8 Å². The van der Waals surface area contributed by atoms with Crippen molar-refractivity contribution >= 4 is 17.7 Å². The Balaban J connectivity index is 2.01. The first-order valence-corrected chi connectivity index (χ1v) is 6.86. The van der Waals surface area contributed by atoms with E-state index < -0.39 is 12.0 Å². The van der Waals surface area contributed by atoms with Crippen LogP contribution in [0.2, 0.25) is 0 Å². The molecule has 1 amide bonds. The highest BCUT2D eigenvalue weighted by molar-refractivity contribution is 5.94. The highest BCUT2D eigenvalue weighted by Gasteiger charge is 2.31. The predicted molar refractivity (Wildman–Crippen MR) is 76.5 cm³/mol. The van der Waals surface area contributed by atoms with Crippen molar-refractivity contribution in [3.05, 3.63) is 23.9 Å². The summed E-state index contributed by atoms with van der Waals surface area (Å²) < 4.78 is 4.86. The van der Waals surface area contributed by atoms with Gasteiger partial charge in [0.15, 0.2) is 0 Å². The van der Waals surface area contributed by atoms with E-state index in [1.807, 2.05) is 0 Å². The quantitative estimate of drug-likeness (QED) is 0.743. The van der Waals surface area contributed by atoms with E-state index in [4.69, 9.17) is 9.84 Å². The molecule has 2 N–H and O–H groups in total. The minimum absolute atomic E-state index is 0.220. The van der Waals surface area contributed by atoms with Crippen LogP contribution in [0.1, 0.15) is 23.2 Å². The summed E-state index contributed by atoms with van der Waals surface area (Å²) in [4.78, 5) is 28.9. The van der Waals surface area contributed by atoms with Gasteiger partial charge in [0.1, 0.15) is 11.9 Å². The van der Waals surface area contributed by atoms with E-state index in [0.29, 0.717) is 37.5 Å². The molecule has 2 rings (SSSR count). The zero-order chi connectivity index (χ0) is 15.2. The number of carbonyl (C=O) groups excluding carboxylic acids is 1. The third kappa shape index (κ3) is 3.69. The Hall–Kier alpha value is -2.15. The molecule has 0 saturated carbocycles. The average Bonchev–Trinajstić information content (AvgIpc) is 2.97. The summed E-state index contributed by atoms with van der Waals surface area (Å²) in [6.45, 7) is 1.55. The summed E-state index contributed by atoms with van der Waals surface area (Å²) in [7, 11) is 1.57. The molecule has 1 aromatic rings. The standard InChI is InChI=1S/C14H19N3O4/c1-21-8-6-15-13(18)10-4-5-12(16-9-10)17-7-2-3-11(17)14(19)20/h4-5,9,11H,2-3,6-8H2,1H3,(H,15,18)(H,19,20)/t11-/m1/s1. The molecule has 1 saturated heterocycles. The number of hydrogen-bond donors (Lipinski definition) is 2. The molecular weight excluding hydrogens is 274 g/mol. The van der Waals surface area contributed by atoms with Crippen LogP contribution >= 0.6 is 0 Å². The highest BCUT2D eigenvalue weighted by atomic mass is 16.5. The molecule has 7 heteroatoms. The third-order valence-corrected chi connectivity index (χ3v) is 3.43. The first-order valence-electron chi connectivity index (χ1n) is 6.86. The summed E-state index contributed by atoms with van der Waals surface area (Å²) >= 11 is 0. The van der Waals surface area contributed by atoms with E-state index in [1.165, 1.54) is 6.20 Å². The number of pyridine rings is 1. The van der Waals surface area contributed by atoms with E-state index in [-0.39, 0.29) is 5.91 Å². The lowest BCUT2D eigenvalue weighted by Gasteiger charge is -2.22. The molecule has 0 spiro atoms. The summed E-state index contributed by atoms with van der Waals surface area (Å²) in [5.74, 6) is -0.466. The van der Waals surface area contributed by atoms with Crippen molar-refractivity contribution in [1.82, 2.24) is 10.3 Å². The minimum Gasteiger partial charge on any atom is -0.480 e. The van der Waals surface area contributed by atoms with E-state index in [9.17, 15) is 9.59 Å². The van der Waals surface area contributed by atoms with E-state index in [0.717, 1.165) is 6.42 Å². The summed E-state index contributed by atoms with van der Waals surface area (Å²) in [6, 6.07) is 2.81. The van der Waals surface area contributed by atoms with Crippen molar-refractivity contribution in [1.29, 1.82) is 0 Å². The molecule has 1 atom stereocenters. The van der Waals surface area contributed by atoms with Crippen LogP contribution in [0.4, 0.5) is 5.82 Å². The number of aromatic nitrogens is 1. The van der Waals surface area contributed by atoms with Crippen LogP contribution in [0.3, 0.4) is 0 Å². The van der Waals surface area contributed by atoms with Gasteiger partial charge in [0.2, 0.25) is 0 Å². The molecule has 2 heterocycles. The SMILES string of the molecule is COCCNC(=O)c1ccc(N2CCC[C@@H]2C(=O)O)nc1. The van der Waals surface area contributed by atoms with Gasteiger partial charge in [-0.05, 0) is 25.0 Å². The number of ether oxygens (including phenoxy) is 1. The van der Waals surface area contributed by atoms with Crippen molar-refractivity contribution in [2.24, 2.45) is 0 Å². The Labute approximate surface area is 122 Å². The third-order valence-electron chi connectivity index (χ3n) is 3.43. The maximum Gasteiger partial charge on any atom is 0.326 e. The first-order chi connectivity index (χ1) is 10.1. The molecule has 0 unspecified atom stereocenters. The molecule has 0 bridgehead atoms. The number of methoxy groups -OCH3 is 1. The fourth-order valence-electron chi connectivity index (χ4n) is 2.36. The van der Waals surface area contributed by atoms with Crippen LogP contribution in [0, 0.1) is 0 Å². The Morgan fingerprint density at radius 3 is 2.95 bits per heavy atom. The summed E-state index contributed by atoms with van der Waals surface area (Å²) in [6.07, 6.45) is 2.92. The molecule has 0 aromatic carbocycles. The molecular formula is C14H19N3O4. The van der Waals surface area contributed by atoms with Crippen molar-refractivity contribution in [3.63, 3.8) is 0 Å². The molecule has 114 valence electrons. The van der Waals surface area contributed by atoms with Gasteiger partial charge in [-0.2, -0.15) is 0 Å². The number of carbonyl (C=O) groups is 2. The van der Waals surface area contributed by atoms with Gasteiger partial charge in [0.25, 0.3) is 5.91 Å². The monoisotopic (exact) mass is 293 g/mol. The van der Waals surface area contributed by atoms with Crippen LogP contribution in [0.25, 0.3) is 0 Å². The van der Waals surface area contributed by atoms with Gasteiger partial charge in [-0.1, -0.05) is 0 Å². The van der Waals surface area contributed by atoms with Crippen molar-refractivity contribution < 1.29 is 19.4 Å². The second kappa shape index (κ2) is 7.03. The van der Waals surface area contributed by atoms with Crippen LogP contribution in [0.5, 0.6) is 0 Å². The Morgan fingerprint density at radius 1 is 1.52 bits per heavy atom. The largest absolute Gasteiger partial charge is 0.480 e. The van der Waals surface area contributed by atoms with Crippen LogP contribution < -0.4 is 10.2 Å². The van der Waals surface area contributed by atoms with Gasteiger partial charge in [-0.3, -0.25) is 4.79 Å². The second-order valence-corrected chi connectivity index (χ2v) is 4.84. The van der Waals surface area contributed by atoms with Gasteiger partial charge in [-0.25, -0.2) is 9.78 Å². The Kier molecular flexibility index (Phi) is 5.10. The van der Waals surface area contributed by atoms with E-state index in [1.54, 1.807) is 24.1 Å². The van der Waals surface area contributed by atoms with Gasteiger partial charge in [0, 0.05) is 26.4 Å². The number of rotatable bonds is 6. The predicted octanol–water partition coefficient (Wildman–Crippen LogP) is 0.511. The average molecular weight is 293 g/mol. The van der Waals surface area contributed by atoms with Gasteiger partial charge < -0.3 is 20.1 Å². The molecule has 1 aromatic heterocycles. The second-order valence-electron chi connectivity index (χ2n) is 4.84. The molecule has 7 nitrogen and oxygen atoms in total. The number of amides is 1. The van der Waals surface area contributed by atoms with Gasteiger partial charge in [-0.15, -0.1) is 0 Å². The number of anilines is 1. The number of hydrogen-bond acceptors (Lipinski definition) is 5. The molecule has 0 radical (unpaired) electrons. The topological polar surface area (TPSA) is 91.8 Å². The van der Waals surface area contributed by atoms with E-state index in [2.05, 4.69) is 10.3 Å². The lowest BCUT2D eigenvalue weighted by molar-refractivity contribution is -0.138. The molecule has 1 fully saturated rings. The Morgan fingerprint density at radius 2 is 2.33 bits per heavy atom. The van der Waals surface area contributed by atoms with Gasteiger partial charge >= 0.3 is 5.97 Å². The normalized spacial score (nSPS) is 17.8.